The van der Waals surface area contributed by atoms with Crippen molar-refractivity contribution in [2.75, 3.05) is 0 Å². The molecule has 0 saturated heterocycles. The number of nitrogens with one attached hydrogen (secondary N) is 1. The van der Waals surface area contributed by atoms with Crippen molar-refractivity contribution in [3.8, 4) is 0 Å². The lowest BCUT2D eigenvalue weighted by Gasteiger charge is -2.04. The van der Waals surface area contributed by atoms with Crippen molar-refractivity contribution in [3.63, 3.8) is 0 Å². The van der Waals surface area contributed by atoms with E-state index in [1.165, 1.54) is 11.1 Å². The fourth-order valence-electron chi connectivity index (χ4n) is 2.05. The van der Waals surface area contributed by atoms with E-state index in [0.29, 0.717) is 13.0 Å². The Morgan fingerprint density at radius 1 is 1.10 bits per heavy atom. The van der Waals surface area contributed by atoms with Gasteiger partial charge in [0, 0.05) is 6.42 Å². The van der Waals surface area contributed by atoms with Gasteiger partial charge >= 0.3 is 0 Å². The topological polar surface area (TPSA) is 42.2 Å². The van der Waals surface area contributed by atoms with Gasteiger partial charge in [0.15, 0.2) is 0 Å². The molecular weight excluding hydrogens is 250 g/mol. The molecule has 20 heavy (non-hydrogen) atoms. The minimum atomic E-state index is 0.0543. The van der Waals surface area contributed by atoms with Crippen molar-refractivity contribution in [2.24, 2.45) is 0 Å². The van der Waals surface area contributed by atoms with Crippen LogP contribution in [-0.4, -0.2) is 5.91 Å². The Morgan fingerprint density at radius 3 is 2.40 bits per heavy atom. The van der Waals surface area contributed by atoms with Crippen molar-refractivity contribution < 1.29 is 9.21 Å². The van der Waals surface area contributed by atoms with Crippen molar-refractivity contribution in [1.29, 1.82) is 0 Å². The fraction of sp³-hybridized carbons (Fsp3) is 0.353. The molecule has 0 aliphatic carbocycles. The van der Waals surface area contributed by atoms with Gasteiger partial charge in [0.1, 0.15) is 11.5 Å². The first-order valence-electron chi connectivity index (χ1n) is 7.07. The van der Waals surface area contributed by atoms with E-state index in [-0.39, 0.29) is 5.91 Å². The van der Waals surface area contributed by atoms with Gasteiger partial charge in [-0.3, -0.25) is 4.79 Å². The highest BCUT2D eigenvalue weighted by molar-refractivity contribution is 5.76. The molecule has 1 aromatic carbocycles. The maximum Gasteiger partial charge on any atom is 0.220 e. The van der Waals surface area contributed by atoms with Crippen molar-refractivity contribution in [1.82, 2.24) is 5.32 Å². The minimum absolute atomic E-state index is 0.0543. The Morgan fingerprint density at radius 2 is 1.80 bits per heavy atom. The van der Waals surface area contributed by atoms with Crippen molar-refractivity contribution in [2.45, 2.75) is 39.7 Å². The summed E-state index contributed by atoms with van der Waals surface area (Å²) in [5.41, 5.74) is 2.53. The Labute approximate surface area is 120 Å². The van der Waals surface area contributed by atoms with E-state index >= 15 is 0 Å². The van der Waals surface area contributed by atoms with Gasteiger partial charge in [0.2, 0.25) is 5.91 Å². The van der Waals surface area contributed by atoms with E-state index in [1.807, 2.05) is 19.1 Å². The summed E-state index contributed by atoms with van der Waals surface area (Å²) in [5.74, 6) is 1.71. The molecule has 3 heteroatoms. The zero-order valence-electron chi connectivity index (χ0n) is 12.1. The number of hydrogen-bond donors (Lipinski definition) is 1. The zero-order chi connectivity index (χ0) is 14.4. The third-order valence-corrected chi connectivity index (χ3v) is 3.33. The third kappa shape index (κ3) is 4.26. The molecule has 0 bridgehead atoms. The highest BCUT2D eigenvalue weighted by Crippen LogP contribution is 2.08. The number of carbonyl (C=O) groups is 1. The monoisotopic (exact) mass is 271 g/mol. The zero-order valence-corrected chi connectivity index (χ0v) is 12.1. The average Bonchev–Trinajstić information content (AvgIpc) is 2.89. The maximum absolute atomic E-state index is 11.8. The number of carbonyl (C=O) groups excluding carboxylic acids is 1. The normalized spacial score (nSPS) is 10.5. The minimum Gasteiger partial charge on any atom is -0.465 e. The van der Waals surface area contributed by atoms with E-state index in [9.17, 15) is 4.79 Å². The molecule has 0 saturated carbocycles. The predicted molar refractivity (Wildman–Crippen MR) is 79.4 cm³/mol. The van der Waals surface area contributed by atoms with Crippen molar-refractivity contribution in [3.05, 3.63) is 59.0 Å². The summed E-state index contributed by atoms with van der Waals surface area (Å²) < 4.78 is 5.41. The molecule has 3 nitrogen and oxygen atoms in total. The maximum atomic E-state index is 11.8. The van der Waals surface area contributed by atoms with Gasteiger partial charge < -0.3 is 9.73 Å². The molecule has 0 aliphatic rings. The first kappa shape index (κ1) is 14.4. The molecule has 0 fully saturated rings. The Bertz CT molecular complexity index is 555. The number of aryl methyl sites for hydroxylation is 3. The van der Waals surface area contributed by atoms with E-state index in [1.54, 1.807) is 0 Å². The summed E-state index contributed by atoms with van der Waals surface area (Å²) in [6.07, 6.45) is 2.32. The summed E-state index contributed by atoms with van der Waals surface area (Å²) in [5, 5.41) is 2.87. The molecule has 1 amide bonds. The molecule has 0 aliphatic heterocycles. The number of amides is 1. The second-order valence-electron chi connectivity index (χ2n) is 4.96. The second-order valence-corrected chi connectivity index (χ2v) is 4.96. The van der Waals surface area contributed by atoms with E-state index in [4.69, 9.17) is 4.42 Å². The lowest BCUT2D eigenvalue weighted by molar-refractivity contribution is -0.121. The summed E-state index contributed by atoms with van der Waals surface area (Å²) in [7, 11) is 0. The standard InChI is InChI=1S/C17H21NO2/c1-3-14-5-7-15(8-6-14)9-11-17(19)18-12-16-10-4-13(2)20-16/h4-8,10H,3,9,11-12H2,1-2H3,(H,18,19). The molecule has 0 atom stereocenters. The van der Waals surface area contributed by atoms with Crippen LogP contribution < -0.4 is 5.32 Å². The molecule has 1 heterocycles. The summed E-state index contributed by atoms with van der Waals surface area (Å²) in [4.78, 5) is 11.8. The third-order valence-electron chi connectivity index (χ3n) is 3.33. The van der Waals surface area contributed by atoms with Crippen LogP contribution in [0.15, 0.2) is 40.8 Å². The first-order valence-corrected chi connectivity index (χ1v) is 7.07. The van der Waals surface area contributed by atoms with Gasteiger partial charge in [-0.25, -0.2) is 0 Å². The van der Waals surface area contributed by atoms with Crippen molar-refractivity contribution >= 4 is 5.91 Å². The van der Waals surface area contributed by atoms with Crippen LogP contribution in [0.1, 0.15) is 36.0 Å². The summed E-state index contributed by atoms with van der Waals surface area (Å²) in [6, 6.07) is 12.2. The molecule has 0 unspecified atom stereocenters. The van der Waals surface area contributed by atoms with Gasteiger partial charge in [0.25, 0.3) is 0 Å². The SMILES string of the molecule is CCc1ccc(CCC(=O)NCc2ccc(C)o2)cc1. The molecule has 1 aromatic heterocycles. The lowest BCUT2D eigenvalue weighted by atomic mass is 10.1. The van der Waals surface area contributed by atoms with Crippen LogP contribution in [0.4, 0.5) is 0 Å². The average molecular weight is 271 g/mol. The Hall–Kier alpha value is -2.03. The van der Waals surface area contributed by atoms with Gasteiger partial charge in [-0.05, 0) is 43.0 Å². The molecule has 2 rings (SSSR count). The summed E-state index contributed by atoms with van der Waals surface area (Å²) in [6.45, 7) is 4.49. The fourth-order valence-corrected chi connectivity index (χ4v) is 2.05. The smallest absolute Gasteiger partial charge is 0.220 e. The Kier molecular flexibility index (Phi) is 4.99. The van der Waals surface area contributed by atoms with Gasteiger partial charge in [-0.15, -0.1) is 0 Å². The number of benzene rings is 1. The highest BCUT2D eigenvalue weighted by Gasteiger charge is 2.04. The van der Waals surface area contributed by atoms with E-state index in [2.05, 4.69) is 36.5 Å². The molecule has 2 aromatic rings. The first-order chi connectivity index (χ1) is 9.67. The lowest BCUT2D eigenvalue weighted by Crippen LogP contribution is -2.22. The number of hydrogen-bond acceptors (Lipinski definition) is 2. The molecule has 1 N–H and O–H groups in total. The largest absolute Gasteiger partial charge is 0.465 e. The van der Waals surface area contributed by atoms with Crippen LogP contribution in [0.3, 0.4) is 0 Å². The molecule has 106 valence electrons. The Balaban J connectivity index is 1.74. The van der Waals surface area contributed by atoms with Crippen LogP contribution >= 0.6 is 0 Å². The predicted octanol–water partition coefficient (Wildman–Crippen LogP) is 3.40. The summed E-state index contributed by atoms with van der Waals surface area (Å²) >= 11 is 0. The van der Waals surface area contributed by atoms with Crippen LogP contribution in [0.5, 0.6) is 0 Å². The van der Waals surface area contributed by atoms with Crippen LogP contribution in [0, 0.1) is 6.92 Å². The van der Waals surface area contributed by atoms with Crippen LogP contribution in [0.25, 0.3) is 0 Å². The highest BCUT2D eigenvalue weighted by atomic mass is 16.3. The van der Waals surface area contributed by atoms with Crippen LogP contribution in [-0.2, 0) is 24.2 Å². The van der Waals surface area contributed by atoms with Gasteiger partial charge in [-0.1, -0.05) is 31.2 Å². The van der Waals surface area contributed by atoms with E-state index < -0.39 is 0 Å². The number of rotatable bonds is 6. The molecular formula is C17H21NO2. The van der Waals surface area contributed by atoms with Crippen LogP contribution in [0.2, 0.25) is 0 Å². The second kappa shape index (κ2) is 6.94. The van der Waals surface area contributed by atoms with E-state index in [0.717, 1.165) is 24.4 Å². The molecule has 0 spiro atoms. The number of furan rings is 1. The quantitative estimate of drug-likeness (QED) is 0.875. The molecule has 0 radical (unpaired) electrons. The van der Waals surface area contributed by atoms with Gasteiger partial charge in [0.05, 0.1) is 6.54 Å². The van der Waals surface area contributed by atoms with Gasteiger partial charge in [-0.2, -0.15) is 0 Å².